The zero-order chi connectivity index (χ0) is 24.1. The van der Waals surface area contributed by atoms with Crippen molar-refractivity contribution in [1.82, 2.24) is 4.90 Å². The third-order valence-corrected chi connectivity index (χ3v) is 7.80. The van der Waals surface area contributed by atoms with Crippen molar-refractivity contribution in [1.29, 1.82) is 0 Å². The van der Waals surface area contributed by atoms with E-state index < -0.39 is 4.87 Å². The zero-order valence-corrected chi connectivity index (χ0v) is 20.2. The van der Waals surface area contributed by atoms with Crippen LogP contribution in [0.2, 0.25) is 0 Å². The van der Waals surface area contributed by atoms with E-state index in [4.69, 9.17) is 0 Å². The summed E-state index contributed by atoms with van der Waals surface area (Å²) >= 11 is 1.51. The van der Waals surface area contributed by atoms with Crippen LogP contribution in [-0.4, -0.2) is 28.1 Å². The van der Waals surface area contributed by atoms with Gasteiger partial charge in [-0.05, 0) is 56.7 Å². The fourth-order valence-electron chi connectivity index (χ4n) is 4.76. The van der Waals surface area contributed by atoms with Gasteiger partial charge in [0.25, 0.3) is 5.91 Å². The molecule has 0 bridgehead atoms. The highest BCUT2D eigenvalue weighted by molar-refractivity contribution is 8.02. The quantitative estimate of drug-likeness (QED) is 0.514. The summed E-state index contributed by atoms with van der Waals surface area (Å²) in [4.78, 5) is 30.1. The Hall–Kier alpha value is -3.32. The van der Waals surface area contributed by atoms with E-state index in [1.165, 1.54) is 23.9 Å². The first kappa shape index (κ1) is 22.5. The van der Waals surface area contributed by atoms with Crippen molar-refractivity contribution in [2.45, 2.75) is 36.9 Å². The predicted molar refractivity (Wildman–Crippen MR) is 134 cm³/mol. The van der Waals surface area contributed by atoms with Gasteiger partial charge in [-0.1, -0.05) is 48.0 Å². The lowest BCUT2D eigenvalue weighted by atomic mass is 10.0. The lowest BCUT2D eigenvalue weighted by Crippen LogP contribution is -2.51. The van der Waals surface area contributed by atoms with Crippen LogP contribution in [0.4, 0.5) is 20.6 Å². The number of urea groups is 1. The van der Waals surface area contributed by atoms with Gasteiger partial charge in [-0.3, -0.25) is 9.69 Å². The summed E-state index contributed by atoms with van der Waals surface area (Å²) in [5.41, 5.74) is 4.11. The Morgan fingerprint density at radius 3 is 2.47 bits per heavy atom. The summed E-state index contributed by atoms with van der Waals surface area (Å²) in [6, 6.07) is 21.0. The van der Waals surface area contributed by atoms with Crippen LogP contribution in [0, 0.1) is 12.7 Å². The number of nitrogens with zero attached hydrogens (tertiary/aromatic N) is 2. The third kappa shape index (κ3) is 3.74. The van der Waals surface area contributed by atoms with Crippen molar-refractivity contribution >= 4 is 35.1 Å². The van der Waals surface area contributed by atoms with Crippen molar-refractivity contribution in [3.05, 3.63) is 95.3 Å². The number of hydrogen-bond donors (Lipinski definition) is 1. The Labute approximate surface area is 202 Å². The van der Waals surface area contributed by atoms with Gasteiger partial charge in [0.2, 0.25) is 0 Å². The van der Waals surface area contributed by atoms with Gasteiger partial charge in [-0.2, -0.15) is 0 Å². The molecule has 0 radical (unpaired) electrons. The SMILES string of the molecule is Cc1ccc2c(c1)[C@@]1(SC(C)(C)CN1C(=O)Nc1ccccc1)C(=O)N2Cc1ccc(F)cc1. The molecule has 2 aliphatic heterocycles. The molecule has 5 rings (SSSR count). The molecule has 3 aromatic rings. The predicted octanol–water partition coefficient (Wildman–Crippen LogP) is 5.89. The summed E-state index contributed by atoms with van der Waals surface area (Å²) in [7, 11) is 0. The largest absolute Gasteiger partial charge is 0.323 e. The molecule has 34 heavy (non-hydrogen) atoms. The van der Waals surface area contributed by atoms with E-state index >= 15 is 0 Å². The molecule has 1 saturated heterocycles. The number of rotatable bonds is 3. The highest BCUT2D eigenvalue weighted by atomic mass is 32.2. The molecule has 5 nitrogen and oxygen atoms in total. The minimum Gasteiger partial charge on any atom is -0.308 e. The van der Waals surface area contributed by atoms with Crippen LogP contribution >= 0.6 is 11.8 Å². The van der Waals surface area contributed by atoms with E-state index in [2.05, 4.69) is 19.2 Å². The van der Waals surface area contributed by atoms with Crippen LogP contribution in [0.3, 0.4) is 0 Å². The number of amides is 3. The summed E-state index contributed by atoms with van der Waals surface area (Å²) in [5.74, 6) is -0.475. The number of benzene rings is 3. The number of anilines is 2. The minimum absolute atomic E-state index is 0.156. The average molecular weight is 476 g/mol. The highest BCUT2D eigenvalue weighted by Gasteiger charge is 2.63. The molecule has 7 heteroatoms. The summed E-state index contributed by atoms with van der Waals surface area (Å²) < 4.78 is 13.1. The molecule has 1 fully saturated rings. The van der Waals surface area contributed by atoms with Crippen LogP contribution < -0.4 is 10.2 Å². The standard InChI is InChI=1S/C27H26FN3O2S/c1-18-9-14-23-22(15-18)27(24(32)30(23)16-19-10-12-20(28)13-11-19)31(17-26(2,3)34-27)25(33)29-21-7-5-4-6-8-21/h4-15H,16-17H2,1-3H3,(H,29,33)/t27-/m1/s1. The maximum absolute atomic E-state index is 14.2. The van der Waals surface area contributed by atoms with Crippen LogP contribution in [0.5, 0.6) is 0 Å². The van der Waals surface area contributed by atoms with E-state index in [-0.39, 0.29) is 22.5 Å². The van der Waals surface area contributed by atoms with Gasteiger partial charge >= 0.3 is 6.03 Å². The van der Waals surface area contributed by atoms with Crippen molar-refractivity contribution in [2.24, 2.45) is 0 Å². The van der Waals surface area contributed by atoms with Crippen molar-refractivity contribution in [3.8, 4) is 0 Å². The molecule has 2 aliphatic rings. The fraction of sp³-hybridized carbons (Fsp3) is 0.259. The maximum Gasteiger partial charge on any atom is 0.323 e. The second kappa shape index (κ2) is 8.17. The Morgan fingerprint density at radius 1 is 1.06 bits per heavy atom. The molecule has 3 aromatic carbocycles. The number of nitrogens with one attached hydrogen (secondary N) is 1. The number of aryl methyl sites for hydroxylation is 1. The topological polar surface area (TPSA) is 52.7 Å². The number of carbonyl (C=O) groups is 2. The van der Waals surface area contributed by atoms with Gasteiger partial charge in [0.15, 0.2) is 4.87 Å². The Kier molecular flexibility index (Phi) is 5.40. The molecule has 1 N–H and O–H groups in total. The third-order valence-electron chi connectivity index (χ3n) is 6.21. The summed E-state index contributed by atoms with van der Waals surface area (Å²) in [6.45, 7) is 6.81. The molecule has 174 valence electrons. The normalized spacial score (nSPS) is 20.6. The van der Waals surface area contributed by atoms with E-state index in [9.17, 15) is 14.0 Å². The molecule has 2 heterocycles. The molecule has 0 aromatic heterocycles. The second-order valence-corrected chi connectivity index (χ2v) is 11.3. The van der Waals surface area contributed by atoms with E-state index in [0.717, 1.165) is 22.4 Å². The molecular weight excluding hydrogens is 449 g/mol. The van der Waals surface area contributed by atoms with Crippen molar-refractivity contribution in [3.63, 3.8) is 0 Å². The summed E-state index contributed by atoms with van der Waals surface area (Å²) in [6.07, 6.45) is 0. The van der Waals surface area contributed by atoms with Crippen LogP contribution in [-0.2, 0) is 16.2 Å². The number of fused-ring (bicyclic) bond motifs is 2. The van der Waals surface area contributed by atoms with Crippen LogP contribution in [0.15, 0.2) is 72.8 Å². The molecule has 1 spiro atoms. The Bertz CT molecular complexity index is 1260. The number of para-hydroxylation sites is 1. The molecule has 0 unspecified atom stereocenters. The van der Waals surface area contributed by atoms with Gasteiger partial charge in [0.1, 0.15) is 5.82 Å². The van der Waals surface area contributed by atoms with E-state index in [0.29, 0.717) is 18.8 Å². The zero-order valence-electron chi connectivity index (χ0n) is 19.3. The first-order valence-electron chi connectivity index (χ1n) is 11.2. The second-order valence-electron chi connectivity index (χ2n) is 9.43. The lowest BCUT2D eigenvalue weighted by Gasteiger charge is -2.33. The lowest BCUT2D eigenvalue weighted by molar-refractivity contribution is -0.123. The van der Waals surface area contributed by atoms with E-state index in [1.54, 1.807) is 21.9 Å². The average Bonchev–Trinajstić information content (AvgIpc) is 3.22. The number of halogens is 1. The van der Waals surface area contributed by atoms with Crippen LogP contribution in [0.1, 0.15) is 30.5 Å². The van der Waals surface area contributed by atoms with Gasteiger partial charge < -0.3 is 10.2 Å². The Balaban J connectivity index is 1.59. The molecule has 3 amide bonds. The van der Waals surface area contributed by atoms with Crippen molar-refractivity contribution in [2.75, 3.05) is 16.8 Å². The molecular formula is C27H26FN3O2S. The highest BCUT2D eigenvalue weighted by Crippen LogP contribution is 2.60. The fourth-order valence-corrected chi connectivity index (χ4v) is 6.48. The van der Waals surface area contributed by atoms with Crippen LogP contribution in [0.25, 0.3) is 0 Å². The smallest absolute Gasteiger partial charge is 0.308 e. The number of carbonyl (C=O) groups excluding carboxylic acids is 2. The number of hydrogen-bond acceptors (Lipinski definition) is 3. The maximum atomic E-state index is 14.2. The molecule has 0 aliphatic carbocycles. The Morgan fingerprint density at radius 2 is 1.76 bits per heavy atom. The summed E-state index contributed by atoms with van der Waals surface area (Å²) in [5, 5.41) is 2.97. The van der Waals surface area contributed by atoms with E-state index in [1.807, 2.05) is 55.5 Å². The molecule has 0 saturated carbocycles. The first-order valence-corrected chi connectivity index (χ1v) is 12.0. The minimum atomic E-state index is -1.18. The number of thioether (sulfide) groups is 1. The first-order chi connectivity index (χ1) is 16.2. The van der Waals surface area contributed by atoms with Crippen molar-refractivity contribution < 1.29 is 14.0 Å². The van der Waals surface area contributed by atoms with Gasteiger partial charge in [-0.15, -0.1) is 11.8 Å². The van der Waals surface area contributed by atoms with Gasteiger partial charge in [-0.25, -0.2) is 9.18 Å². The van der Waals surface area contributed by atoms with Gasteiger partial charge in [0, 0.05) is 22.5 Å². The molecule has 1 atom stereocenters. The van der Waals surface area contributed by atoms with Gasteiger partial charge in [0.05, 0.1) is 12.2 Å². The monoisotopic (exact) mass is 475 g/mol.